The van der Waals surface area contributed by atoms with Crippen LogP contribution in [0, 0.1) is 11.8 Å². The number of aromatic hydroxyl groups is 1. The molecular weight excluding hydrogens is 228 g/mol. The lowest BCUT2D eigenvalue weighted by molar-refractivity contribution is 0.0947. The highest BCUT2D eigenvalue weighted by Crippen LogP contribution is 2.29. The van der Waals surface area contributed by atoms with Gasteiger partial charge in [0.25, 0.3) is 5.91 Å². The maximum absolute atomic E-state index is 12.0. The molecule has 0 aromatic heterocycles. The first-order valence-electron chi connectivity index (χ1n) is 6.43. The number of benzene rings is 1. The summed E-state index contributed by atoms with van der Waals surface area (Å²) in [5.74, 6) is 1.19. The third-order valence-electron chi connectivity index (χ3n) is 3.64. The molecule has 0 heterocycles. The number of anilines is 1. The Labute approximate surface area is 107 Å². The van der Waals surface area contributed by atoms with Gasteiger partial charge < -0.3 is 16.2 Å². The van der Waals surface area contributed by atoms with Crippen molar-refractivity contribution in [1.82, 2.24) is 5.32 Å². The molecule has 1 fully saturated rings. The summed E-state index contributed by atoms with van der Waals surface area (Å²) in [5.41, 5.74) is 6.47. The van der Waals surface area contributed by atoms with E-state index in [0.717, 1.165) is 5.92 Å². The molecule has 0 radical (unpaired) electrons. The molecule has 1 saturated carbocycles. The Bertz CT molecular complexity index is 445. The van der Waals surface area contributed by atoms with Gasteiger partial charge in [-0.3, -0.25) is 4.79 Å². The minimum atomic E-state index is -0.206. The normalized spacial score (nSPS) is 22.9. The van der Waals surface area contributed by atoms with Crippen LogP contribution in [0.5, 0.6) is 5.75 Å². The molecule has 98 valence electrons. The molecule has 0 saturated heterocycles. The molecule has 4 N–H and O–H groups in total. The molecule has 1 amide bonds. The zero-order valence-corrected chi connectivity index (χ0v) is 10.6. The minimum absolute atomic E-state index is 0.0591. The van der Waals surface area contributed by atoms with E-state index in [0.29, 0.717) is 23.7 Å². The molecule has 0 bridgehead atoms. The number of hydrogen-bond acceptors (Lipinski definition) is 3. The largest absolute Gasteiger partial charge is 0.508 e. The van der Waals surface area contributed by atoms with Crippen molar-refractivity contribution in [1.29, 1.82) is 0 Å². The smallest absolute Gasteiger partial charge is 0.253 e. The molecule has 1 aromatic rings. The van der Waals surface area contributed by atoms with Crippen molar-refractivity contribution >= 4 is 11.6 Å². The van der Waals surface area contributed by atoms with Crippen LogP contribution in [0.15, 0.2) is 18.2 Å². The molecule has 1 aliphatic rings. The van der Waals surface area contributed by atoms with E-state index in [9.17, 15) is 9.90 Å². The Balaban J connectivity index is 1.93. The molecule has 2 rings (SSSR count). The molecule has 2 unspecified atom stereocenters. The van der Waals surface area contributed by atoms with Gasteiger partial charge in [0.15, 0.2) is 0 Å². The second-order valence-corrected chi connectivity index (χ2v) is 5.27. The summed E-state index contributed by atoms with van der Waals surface area (Å²) in [4.78, 5) is 12.0. The summed E-state index contributed by atoms with van der Waals surface area (Å²) in [6, 6.07) is 4.43. The van der Waals surface area contributed by atoms with Crippen molar-refractivity contribution in [2.75, 3.05) is 12.3 Å². The lowest BCUT2D eigenvalue weighted by atomic mass is 10.1. The Hall–Kier alpha value is -1.71. The van der Waals surface area contributed by atoms with Gasteiger partial charge in [-0.25, -0.2) is 0 Å². The zero-order chi connectivity index (χ0) is 13.1. The van der Waals surface area contributed by atoms with Crippen LogP contribution in [0.2, 0.25) is 0 Å². The Morgan fingerprint density at radius 2 is 2.28 bits per heavy atom. The van der Waals surface area contributed by atoms with E-state index in [1.54, 1.807) is 6.07 Å². The number of hydrogen-bond donors (Lipinski definition) is 3. The van der Waals surface area contributed by atoms with E-state index >= 15 is 0 Å². The van der Waals surface area contributed by atoms with Crippen LogP contribution in [-0.4, -0.2) is 17.6 Å². The molecule has 0 spiro atoms. The van der Waals surface area contributed by atoms with Crippen LogP contribution in [0.4, 0.5) is 5.69 Å². The number of phenolic OH excluding ortho intramolecular Hbond substituents is 1. The van der Waals surface area contributed by atoms with Crippen molar-refractivity contribution in [3.63, 3.8) is 0 Å². The van der Waals surface area contributed by atoms with Gasteiger partial charge >= 0.3 is 0 Å². The second-order valence-electron chi connectivity index (χ2n) is 5.27. The summed E-state index contributed by atoms with van der Waals surface area (Å²) in [6.45, 7) is 2.94. The average Bonchev–Trinajstić information content (AvgIpc) is 2.75. The van der Waals surface area contributed by atoms with Crippen molar-refractivity contribution in [2.45, 2.75) is 26.2 Å². The fourth-order valence-electron chi connectivity index (χ4n) is 2.58. The third kappa shape index (κ3) is 2.94. The number of carbonyl (C=O) groups excluding carboxylic acids is 1. The van der Waals surface area contributed by atoms with E-state index < -0.39 is 0 Å². The van der Waals surface area contributed by atoms with Crippen molar-refractivity contribution in [3.8, 4) is 5.75 Å². The maximum atomic E-state index is 12.0. The van der Waals surface area contributed by atoms with Crippen molar-refractivity contribution in [3.05, 3.63) is 23.8 Å². The highest BCUT2D eigenvalue weighted by molar-refractivity contribution is 5.99. The Kier molecular flexibility index (Phi) is 3.75. The van der Waals surface area contributed by atoms with Gasteiger partial charge in [-0.1, -0.05) is 13.3 Å². The van der Waals surface area contributed by atoms with Gasteiger partial charge in [0.1, 0.15) is 5.75 Å². The monoisotopic (exact) mass is 248 g/mol. The van der Waals surface area contributed by atoms with E-state index in [-0.39, 0.29) is 11.7 Å². The first kappa shape index (κ1) is 12.7. The standard InChI is InChI=1S/C14H20N2O2/c1-9-2-3-10(6-9)8-16-14(18)12-7-11(17)4-5-13(12)15/h4-5,7,9-10,17H,2-3,6,8,15H2,1H3,(H,16,18). The van der Waals surface area contributed by atoms with Crippen LogP contribution < -0.4 is 11.1 Å². The van der Waals surface area contributed by atoms with Gasteiger partial charge in [-0.05, 0) is 42.9 Å². The van der Waals surface area contributed by atoms with E-state index in [2.05, 4.69) is 12.2 Å². The van der Waals surface area contributed by atoms with Crippen LogP contribution in [0.25, 0.3) is 0 Å². The van der Waals surface area contributed by atoms with Crippen molar-refractivity contribution < 1.29 is 9.90 Å². The summed E-state index contributed by atoms with van der Waals surface area (Å²) in [5, 5.41) is 12.3. The third-order valence-corrected chi connectivity index (χ3v) is 3.64. The lowest BCUT2D eigenvalue weighted by Crippen LogP contribution is -2.29. The maximum Gasteiger partial charge on any atom is 0.253 e. The highest BCUT2D eigenvalue weighted by atomic mass is 16.3. The summed E-state index contributed by atoms with van der Waals surface area (Å²) in [7, 11) is 0. The van der Waals surface area contributed by atoms with Crippen molar-refractivity contribution in [2.24, 2.45) is 11.8 Å². The second kappa shape index (κ2) is 5.29. The zero-order valence-electron chi connectivity index (χ0n) is 10.6. The summed E-state index contributed by atoms with van der Waals surface area (Å²) >= 11 is 0. The number of amides is 1. The van der Waals surface area contributed by atoms with Gasteiger partial charge in [0.05, 0.1) is 5.56 Å². The summed E-state index contributed by atoms with van der Waals surface area (Å²) in [6.07, 6.45) is 3.60. The topological polar surface area (TPSA) is 75.3 Å². The predicted molar refractivity (Wildman–Crippen MR) is 71.4 cm³/mol. The molecule has 18 heavy (non-hydrogen) atoms. The molecule has 1 aliphatic carbocycles. The lowest BCUT2D eigenvalue weighted by Gasteiger charge is -2.12. The minimum Gasteiger partial charge on any atom is -0.508 e. The average molecular weight is 248 g/mol. The van der Waals surface area contributed by atoms with Crippen LogP contribution in [0.3, 0.4) is 0 Å². The fraction of sp³-hybridized carbons (Fsp3) is 0.500. The number of nitrogens with one attached hydrogen (secondary N) is 1. The number of rotatable bonds is 3. The quantitative estimate of drug-likeness (QED) is 0.566. The fourth-order valence-corrected chi connectivity index (χ4v) is 2.58. The van der Waals surface area contributed by atoms with Gasteiger partial charge in [-0.2, -0.15) is 0 Å². The first-order valence-corrected chi connectivity index (χ1v) is 6.43. The SMILES string of the molecule is CC1CCC(CNC(=O)c2cc(O)ccc2N)C1. The highest BCUT2D eigenvalue weighted by Gasteiger charge is 2.22. The Morgan fingerprint density at radius 1 is 1.50 bits per heavy atom. The number of nitrogens with two attached hydrogens (primary N) is 1. The van der Waals surface area contributed by atoms with Crippen LogP contribution in [-0.2, 0) is 0 Å². The molecule has 4 heteroatoms. The molecule has 2 atom stereocenters. The Morgan fingerprint density at radius 3 is 2.94 bits per heavy atom. The number of carbonyl (C=O) groups is 1. The number of phenols is 1. The van der Waals surface area contributed by atoms with Gasteiger partial charge in [0, 0.05) is 12.2 Å². The molecule has 1 aromatic carbocycles. The van der Waals surface area contributed by atoms with Crippen LogP contribution >= 0.6 is 0 Å². The van der Waals surface area contributed by atoms with E-state index in [1.807, 2.05) is 0 Å². The predicted octanol–water partition coefficient (Wildman–Crippen LogP) is 2.14. The van der Waals surface area contributed by atoms with Gasteiger partial charge in [0.2, 0.25) is 0 Å². The van der Waals surface area contributed by atoms with E-state index in [4.69, 9.17) is 5.73 Å². The molecular formula is C14H20N2O2. The molecule has 4 nitrogen and oxygen atoms in total. The van der Waals surface area contributed by atoms with E-state index in [1.165, 1.54) is 31.4 Å². The number of nitrogen functional groups attached to an aromatic ring is 1. The van der Waals surface area contributed by atoms with Crippen LogP contribution in [0.1, 0.15) is 36.5 Å². The van der Waals surface area contributed by atoms with Gasteiger partial charge in [-0.15, -0.1) is 0 Å². The summed E-state index contributed by atoms with van der Waals surface area (Å²) < 4.78 is 0. The first-order chi connectivity index (χ1) is 8.56. The molecule has 0 aliphatic heterocycles.